The lowest BCUT2D eigenvalue weighted by atomic mass is 10.2. The molecule has 0 saturated carbocycles. The van der Waals surface area contributed by atoms with Crippen molar-refractivity contribution in [3.8, 4) is 0 Å². The summed E-state index contributed by atoms with van der Waals surface area (Å²) in [4.78, 5) is 27.6. The highest BCUT2D eigenvalue weighted by Gasteiger charge is 2.31. The van der Waals surface area contributed by atoms with Crippen LogP contribution in [-0.2, 0) is 9.59 Å². The second-order valence-corrected chi connectivity index (χ2v) is 4.62. The van der Waals surface area contributed by atoms with E-state index in [-0.39, 0.29) is 17.9 Å². The molecule has 0 unspecified atom stereocenters. The first-order valence-corrected chi connectivity index (χ1v) is 6.93. The number of carbonyl (C=O) groups is 2. The molecule has 1 fully saturated rings. The van der Waals surface area contributed by atoms with E-state index in [4.69, 9.17) is 0 Å². The van der Waals surface area contributed by atoms with Crippen LogP contribution in [-0.4, -0.2) is 54.0 Å². The third-order valence-electron chi connectivity index (χ3n) is 3.55. The minimum atomic E-state index is -0.296. The van der Waals surface area contributed by atoms with Crippen LogP contribution in [0.2, 0.25) is 0 Å². The first-order valence-electron chi connectivity index (χ1n) is 6.93. The molecule has 1 aliphatic rings. The predicted molar refractivity (Wildman–Crippen MR) is 71.0 cm³/mol. The number of nitrogens with one attached hydrogen (secondary N) is 1. The van der Waals surface area contributed by atoms with Crippen molar-refractivity contribution in [1.29, 1.82) is 0 Å². The molecule has 0 aromatic rings. The highest BCUT2D eigenvalue weighted by atomic mass is 16.2. The number of likely N-dealkylation sites (tertiary alicyclic amines) is 1. The summed E-state index contributed by atoms with van der Waals surface area (Å²) < 4.78 is 0. The Balaban J connectivity index is 2.49. The normalized spacial score (nSPS) is 17.3. The molecule has 2 amide bonds. The van der Waals surface area contributed by atoms with Crippen molar-refractivity contribution in [3.63, 3.8) is 0 Å². The second kappa shape index (κ2) is 7.36. The molecule has 1 rings (SSSR count). The minimum absolute atomic E-state index is 0.0281. The molecule has 0 aromatic heterocycles. The van der Waals surface area contributed by atoms with Gasteiger partial charge >= 0.3 is 0 Å². The Labute approximate surface area is 110 Å². The average Bonchev–Trinajstić information content (AvgIpc) is 2.78. The Kier molecular flexibility index (Phi) is 6.12. The summed E-state index contributed by atoms with van der Waals surface area (Å²) in [6.07, 6.45) is 2.13. The van der Waals surface area contributed by atoms with Gasteiger partial charge in [0.15, 0.2) is 0 Å². The van der Waals surface area contributed by atoms with Crippen molar-refractivity contribution in [2.75, 3.05) is 26.3 Å². The van der Waals surface area contributed by atoms with Crippen molar-refractivity contribution in [3.05, 3.63) is 0 Å². The monoisotopic (exact) mass is 255 g/mol. The van der Waals surface area contributed by atoms with Gasteiger partial charge in [0.25, 0.3) is 0 Å². The van der Waals surface area contributed by atoms with Crippen molar-refractivity contribution >= 4 is 11.8 Å². The molecule has 0 spiro atoms. The fourth-order valence-electron chi connectivity index (χ4n) is 2.30. The van der Waals surface area contributed by atoms with E-state index in [1.165, 1.54) is 0 Å². The van der Waals surface area contributed by atoms with Gasteiger partial charge in [-0.05, 0) is 25.9 Å². The third-order valence-corrected chi connectivity index (χ3v) is 3.55. The van der Waals surface area contributed by atoms with Gasteiger partial charge in [-0.15, -0.1) is 0 Å². The van der Waals surface area contributed by atoms with Gasteiger partial charge in [-0.1, -0.05) is 20.8 Å². The zero-order chi connectivity index (χ0) is 13.5. The van der Waals surface area contributed by atoms with Crippen molar-refractivity contribution in [2.45, 2.75) is 46.1 Å². The lowest BCUT2D eigenvalue weighted by Crippen LogP contribution is -2.49. The molecule has 0 aromatic carbocycles. The Morgan fingerprint density at radius 3 is 2.50 bits per heavy atom. The summed E-state index contributed by atoms with van der Waals surface area (Å²) in [5.74, 6) is 0.0829. The van der Waals surface area contributed by atoms with Crippen LogP contribution in [0, 0.1) is 0 Å². The van der Waals surface area contributed by atoms with E-state index in [9.17, 15) is 9.59 Å². The standard InChI is InChI=1S/C13H25N3O2/c1-4-11(16-9-7-8-12(16)17)13(18)14-10-15(5-2)6-3/h11H,4-10H2,1-3H3,(H,14,18)/t11-/m0/s1. The topological polar surface area (TPSA) is 52.7 Å². The van der Waals surface area contributed by atoms with Crippen LogP contribution in [0.5, 0.6) is 0 Å². The fraction of sp³-hybridized carbons (Fsp3) is 0.846. The number of rotatable bonds is 7. The van der Waals surface area contributed by atoms with Gasteiger partial charge < -0.3 is 10.2 Å². The largest absolute Gasteiger partial charge is 0.342 e. The molecule has 0 radical (unpaired) electrons. The summed E-state index contributed by atoms with van der Waals surface area (Å²) in [7, 11) is 0. The molecule has 1 atom stereocenters. The van der Waals surface area contributed by atoms with E-state index in [2.05, 4.69) is 24.1 Å². The minimum Gasteiger partial charge on any atom is -0.342 e. The number of amides is 2. The van der Waals surface area contributed by atoms with Crippen LogP contribution in [0.3, 0.4) is 0 Å². The van der Waals surface area contributed by atoms with Crippen molar-refractivity contribution < 1.29 is 9.59 Å². The molecule has 0 bridgehead atoms. The van der Waals surface area contributed by atoms with Crippen molar-refractivity contribution in [1.82, 2.24) is 15.1 Å². The van der Waals surface area contributed by atoms with Crippen LogP contribution in [0.15, 0.2) is 0 Å². The maximum Gasteiger partial charge on any atom is 0.243 e. The quantitative estimate of drug-likeness (QED) is 0.685. The maximum atomic E-state index is 12.1. The lowest BCUT2D eigenvalue weighted by molar-refractivity contribution is -0.137. The zero-order valence-corrected chi connectivity index (χ0v) is 11.7. The van der Waals surface area contributed by atoms with E-state index in [1.807, 2.05) is 6.92 Å². The molecular weight excluding hydrogens is 230 g/mol. The van der Waals surface area contributed by atoms with Crippen LogP contribution >= 0.6 is 0 Å². The van der Waals surface area contributed by atoms with Gasteiger partial charge in [-0.2, -0.15) is 0 Å². The summed E-state index contributed by atoms with van der Waals surface area (Å²) in [5, 5.41) is 2.93. The molecule has 1 aliphatic heterocycles. The van der Waals surface area contributed by atoms with E-state index >= 15 is 0 Å². The molecule has 5 nitrogen and oxygen atoms in total. The molecule has 0 aliphatic carbocycles. The number of nitrogens with zero attached hydrogens (tertiary/aromatic N) is 2. The number of hydrogen-bond donors (Lipinski definition) is 1. The smallest absolute Gasteiger partial charge is 0.243 e. The van der Waals surface area contributed by atoms with E-state index in [1.54, 1.807) is 4.90 Å². The van der Waals surface area contributed by atoms with Gasteiger partial charge in [0.2, 0.25) is 11.8 Å². The molecule has 18 heavy (non-hydrogen) atoms. The van der Waals surface area contributed by atoms with Gasteiger partial charge in [-0.3, -0.25) is 14.5 Å². The van der Waals surface area contributed by atoms with E-state index in [0.29, 0.717) is 19.5 Å². The molecule has 1 saturated heterocycles. The third kappa shape index (κ3) is 3.70. The molecule has 1 N–H and O–H groups in total. The molecule has 1 heterocycles. The SMILES string of the molecule is CC[C@@H](C(=O)NCN(CC)CC)N1CCCC1=O. The van der Waals surface area contributed by atoms with Crippen molar-refractivity contribution in [2.24, 2.45) is 0 Å². The Hall–Kier alpha value is -1.10. The predicted octanol–water partition coefficient (Wildman–Crippen LogP) is 0.803. The Bertz CT molecular complexity index is 290. The highest BCUT2D eigenvalue weighted by molar-refractivity contribution is 5.88. The maximum absolute atomic E-state index is 12.1. The van der Waals surface area contributed by atoms with Gasteiger partial charge in [0.05, 0.1) is 6.67 Å². The van der Waals surface area contributed by atoms with E-state index < -0.39 is 0 Å². The van der Waals surface area contributed by atoms with Gasteiger partial charge in [0.1, 0.15) is 6.04 Å². The molecular formula is C13H25N3O2. The van der Waals surface area contributed by atoms with Crippen LogP contribution < -0.4 is 5.32 Å². The summed E-state index contributed by atoms with van der Waals surface area (Å²) in [6.45, 7) is 9.19. The van der Waals surface area contributed by atoms with E-state index in [0.717, 1.165) is 26.1 Å². The van der Waals surface area contributed by atoms with Gasteiger partial charge in [0, 0.05) is 13.0 Å². The second-order valence-electron chi connectivity index (χ2n) is 4.62. The fourth-order valence-corrected chi connectivity index (χ4v) is 2.30. The summed E-state index contributed by atoms with van der Waals surface area (Å²) in [6, 6.07) is -0.296. The highest BCUT2D eigenvalue weighted by Crippen LogP contribution is 2.15. The molecule has 104 valence electrons. The molecule has 5 heteroatoms. The van der Waals surface area contributed by atoms with Crippen LogP contribution in [0.25, 0.3) is 0 Å². The Morgan fingerprint density at radius 1 is 1.39 bits per heavy atom. The summed E-state index contributed by atoms with van der Waals surface area (Å²) >= 11 is 0. The first kappa shape index (κ1) is 15.0. The summed E-state index contributed by atoms with van der Waals surface area (Å²) in [5.41, 5.74) is 0. The lowest BCUT2D eigenvalue weighted by Gasteiger charge is -2.27. The van der Waals surface area contributed by atoms with Crippen LogP contribution in [0.4, 0.5) is 0 Å². The number of hydrogen-bond acceptors (Lipinski definition) is 3. The Morgan fingerprint density at radius 2 is 2.06 bits per heavy atom. The number of carbonyl (C=O) groups excluding carboxylic acids is 2. The zero-order valence-electron chi connectivity index (χ0n) is 11.7. The van der Waals surface area contributed by atoms with Crippen LogP contribution in [0.1, 0.15) is 40.0 Å². The average molecular weight is 255 g/mol. The first-order chi connectivity index (χ1) is 8.63. The van der Waals surface area contributed by atoms with Gasteiger partial charge in [-0.25, -0.2) is 0 Å².